The second-order valence-electron chi connectivity index (χ2n) is 7.29. The summed E-state index contributed by atoms with van der Waals surface area (Å²) in [4.78, 5) is 6.54. The van der Waals surface area contributed by atoms with Gasteiger partial charge in [0.25, 0.3) is 0 Å². The van der Waals surface area contributed by atoms with Crippen molar-refractivity contribution in [3.63, 3.8) is 0 Å². The SMILES string of the molecule is CCNC(=NCc1ccc(N2CCC(O)CC2)c(F)c1)NCCOc1ccccc1.I. The number of hydrogen-bond acceptors (Lipinski definition) is 4. The number of benzene rings is 2. The summed E-state index contributed by atoms with van der Waals surface area (Å²) in [6, 6.07) is 14.9. The molecule has 0 aliphatic carbocycles. The van der Waals surface area contributed by atoms with Crippen LogP contribution < -0.4 is 20.3 Å². The maximum atomic E-state index is 14.6. The molecule has 1 saturated heterocycles. The van der Waals surface area contributed by atoms with Gasteiger partial charge in [-0.3, -0.25) is 0 Å². The Bertz CT molecular complexity index is 814. The Balaban J connectivity index is 0.00000341. The molecule has 0 spiro atoms. The molecule has 0 aromatic heterocycles. The minimum absolute atomic E-state index is 0. The van der Waals surface area contributed by atoms with Crippen molar-refractivity contribution in [1.29, 1.82) is 0 Å². The maximum Gasteiger partial charge on any atom is 0.191 e. The highest BCUT2D eigenvalue weighted by molar-refractivity contribution is 14.0. The van der Waals surface area contributed by atoms with Crippen molar-refractivity contribution in [3.05, 3.63) is 59.9 Å². The molecule has 170 valence electrons. The lowest BCUT2D eigenvalue weighted by Crippen LogP contribution is -2.39. The van der Waals surface area contributed by atoms with Gasteiger partial charge in [0.1, 0.15) is 18.2 Å². The van der Waals surface area contributed by atoms with Gasteiger partial charge >= 0.3 is 0 Å². The second kappa shape index (κ2) is 13.4. The minimum atomic E-state index is -0.270. The zero-order valence-corrected chi connectivity index (χ0v) is 20.2. The topological polar surface area (TPSA) is 69.1 Å². The first-order chi connectivity index (χ1) is 14.7. The van der Waals surface area contributed by atoms with Crippen LogP contribution in [-0.4, -0.2) is 50.0 Å². The fraction of sp³-hybridized carbons (Fsp3) is 0.435. The largest absolute Gasteiger partial charge is 0.492 e. The summed E-state index contributed by atoms with van der Waals surface area (Å²) in [6.07, 6.45) is 1.09. The van der Waals surface area contributed by atoms with Crippen molar-refractivity contribution in [1.82, 2.24) is 10.6 Å². The van der Waals surface area contributed by atoms with E-state index in [1.165, 1.54) is 0 Å². The molecule has 6 nitrogen and oxygen atoms in total. The normalized spacial score (nSPS) is 14.7. The summed E-state index contributed by atoms with van der Waals surface area (Å²) in [6.45, 7) is 5.59. The average Bonchev–Trinajstić information content (AvgIpc) is 2.76. The van der Waals surface area contributed by atoms with Crippen molar-refractivity contribution in [2.75, 3.05) is 37.7 Å². The maximum absolute atomic E-state index is 14.6. The van der Waals surface area contributed by atoms with Crippen LogP contribution in [0.1, 0.15) is 25.3 Å². The van der Waals surface area contributed by atoms with Gasteiger partial charge in [-0.2, -0.15) is 0 Å². The fourth-order valence-electron chi connectivity index (χ4n) is 3.38. The lowest BCUT2D eigenvalue weighted by molar-refractivity contribution is 0.145. The molecular weight excluding hydrogens is 510 g/mol. The van der Waals surface area contributed by atoms with E-state index in [2.05, 4.69) is 15.6 Å². The van der Waals surface area contributed by atoms with Crippen molar-refractivity contribution < 1.29 is 14.2 Å². The van der Waals surface area contributed by atoms with Crippen LogP contribution in [0.3, 0.4) is 0 Å². The summed E-state index contributed by atoms with van der Waals surface area (Å²) < 4.78 is 20.3. The van der Waals surface area contributed by atoms with E-state index >= 15 is 0 Å². The number of nitrogens with one attached hydrogen (secondary N) is 2. The first-order valence-corrected chi connectivity index (χ1v) is 10.6. The summed E-state index contributed by atoms with van der Waals surface area (Å²) in [5.74, 6) is 1.26. The first kappa shape index (κ1) is 25.2. The van der Waals surface area contributed by atoms with Gasteiger partial charge < -0.3 is 25.4 Å². The van der Waals surface area contributed by atoms with Crippen LogP contribution in [0.25, 0.3) is 0 Å². The first-order valence-electron chi connectivity index (χ1n) is 10.6. The van der Waals surface area contributed by atoms with Gasteiger partial charge in [-0.15, -0.1) is 24.0 Å². The van der Waals surface area contributed by atoms with Crippen LogP contribution in [0.5, 0.6) is 5.75 Å². The lowest BCUT2D eigenvalue weighted by Gasteiger charge is -2.31. The van der Waals surface area contributed by atoms with E-state index in [0.717, 1.165) is 17.9 Å². The van der Waals surface area contributed by atoms with Crippen molar-refractivity contribution >= 4 is 35.6 Å². The van der Waals surface area contributed by atoms with Gasteiger partial charge in [0.2, 0.25) is 0 Å². The standard InChI is InChI=1S/C23H31FN4O2.HI/c1-2-25-23(26-12-15-30-20-6-4-3-5-7-20)27-17-18-8-9-22(21(24)16-18)28-13-10-19(29)11-14-28;/h3-9,16,19,29H,2,10-15,17H2,1H3,(H2,25,26,27);1H. The molecule has 0 saturated carbocycles. The van der Waals surface area contributed by atoms with E-state index in [1.807, 2.05) is 54.3 Å². The number of para-hydroxylation sites is 1. The van der Waals surface area contributed by atoms with Crippen LogP contribution >= 0.6 is 24.0 Å². The van der Waals surface area contributed by atoms with Crippen molar-refractivity contribution in [3.8, 4) is 5.75 Å². The Morgan fingerprint density at radius 3 is 2.58 bits per heavy atom. The van der Waals surface area contributed by atoms with Crippen LogP contribution in [-0.2, 0) is 6.54 Å². The number of ether oxygens (including phenoxy) is 1. The monoisotopic (exact) mass is 542 g/mol. The number of piperidine rings is 1. The highest BCUT2D eigenvalue weighted by atomic mass is 127. The van der Waals surface area contributed by atoms with E-state index < -0.39 is 0 Å². The summed E-state index contributed by atoms with van der Waals surface area (Å²) >= 11 is 0. The third kappa shape index (κ3) is 8.17. The number of aliphatic hydroxyl groups excluding tert-OH is 1. The number of rotatable bonds is 8. The molecule has 31 heavy (non-hydrogen) atoms. The van der Waals surface area contributed by atoms with Gasteiger partial charge in [0.05, 0.1) is 24.9 Å². The summed E-state index contributed by atoms with van der Waals surface area (Å²) in [5, 5.41) is 16.1. The molecule has 0 amide bonds. The molecule has 0 radical (unpaired) electrons. The second-order valence-corrected chi connectivity index (χ2v) is 7.29. The van der Waals surface area contributed by atoms with E-state index in [1.54, 1.807) is 6.07 Å². The number of guanidine groups is 1. The minimum Gasteiger partial charge on any atom is -0.492 e. The molecule has 3 N–H and O–H groups in total. The van der Waals surface area contributed by atoms with E-state index in [-0.39, 0.29) is 35.9 Å². The quantitative estimate of drug-likeness (QED) is 0.206. The Kier molecular flexibility index (Phi) is 10.9. The molecule has 1 fully saturated rings. The molecule has 2 aromatic carbocycles. The molecular formula is C23H32FIN4O2. The number of hydrogen-bond donors (Lipinski definition) is 3. The number of aliphatic imine (C=N–C) groups is 1. The number of anilines is 1. The van der Waals surface area contributed by atoms with Crippen LogP contribution in [0, 0.1) is 5.82 Å². The molecule has 1 aliphatic heterocycles. The van der Waals surface area contributed by atoms with Gasteiger partial charge in [-0.25, -0.2) is 9.38 Å². The Hall–Kier alpha value is -2.07. The van der Waals surface area contributed by atoms with Crippen molar-refractivity contribution in [2.45, 2.75) is 32.4 Å². The Morgan fingerprint density at radius 2 is 1.90 bits per heavy atom. The summed E-state index contributed by atoms with van der Waals surface area (Å²) in [7, 11) is 0. The Morgan fingerprint density at radius 1 is 1.16 bits per heavy atom. The smallest absolute Gasteiger partial charge is 0.191 e. The van der Waals surface area contributed by atoms with Gasteiger partial charge in [0.15, 0.2) is 5.96 Å². The average molecular weight is 542 g/mol. The molecule has 0 unspecified atom stereocenters. The number of nitrogens with zero attached hydrogens (tertiary/aromatic N) is 2. The predicted molar refractivity (Wildman–Crippen MR) is 134 cm³/mol. The highest BCUT2D eigenvalue weighted by Crippen LogP contribution is 2.24. The molecule has 0 bridgehead atoms. The molecule has 2 aromatic rings. The van der Waals surface area contributed by atoms with Crippen LogP contribution in [0.15, 0.2) is 53.5 Å². The zero-order valence-electron chi connectivity index (χ0n) is 17.9. The Labute approximate surface area is 200 Å². The summed E-state index contributed by atoms with van der Waals surface area (Å²) in [5.41, 5.74) is 1.41. The van der Waals surface area contributed by atoms with Crippen LogP contribution in [0.4, 0.5) is 10.1 Å². The fourth-order valence-corrected chi connectivity index (χ4v) is 3.38. The predicted octanol–water partition coefficient (Wildman–Crippen LogP) is 3.54. The highest BCUT2D eigenvalue weighted by Gasteiger charge is 2.19. The molecule has 0 atom stereocenters. The molecule has 1 heterocycles. The van der Waals surface area contributed by atoms with Gasteiger partial charge in [-0.1, -0.05) is 24.3 Å². The third-order valence-electron chi connectivity index (χ3n) is 4.99. The molecule has 1 aliphatic rings. The third-order valence-corrected chi connectivity index (χ3v) is 4.99. The number of halogens is 2. The molecule has 3 rings (SSSR count). The van der Waals surface area contributed by atoms with Gasteiger partial charge in [-0.05, 0) is 49.6 Å². The van der Waals surface area contributed by atoms with Crippen molar-refractivity contribution in [2.24, 2.45) is 4.99 Å². The van der Waals surface area contributed by atoms with Gasteiger partial charge in [0, 0.05) is 19.6 Å². The lowest BCUT2D eigenvalue weighted by atomic mass is 10.1. The van der Waals surface area contributed by atoms with E-state index in [9.17, 15) is 9.50 Å². The number of aliphatic hydroxyl groups is 1. The zero-order chi connectivity index (χ0) is 21.2. The van der Waals surface area contributed by atoms with E-state index in [0.29, 0.717) is 57.3 Å². The molecule has 8 heteroatoms. The van der Waals surface area contributed by atoms with Crippen LogP contribution in [0.2, 0.25) is 0 Å². The van der Waals surface area contributed by atoms with E-state index in [4.69, 9.17) is 4.74 Å².